The molecule has 4 atom stereocenters. The Labute approximate surface area is 148 Å². The number of nitrogens with two attached hydrogens (primary N) is 1. The van der Waals surface area contributed by atoms with E-state index >= 15 is 0 Å². The molecule has 1 saturated carbocycles. The number of benzene rings is 1. The van der Waals surface area contributed by atoms with Gasteiger partial charge < -0.3 is 20.5 Å². The smallest absolute Gasteiger partial charge is 0.252 e. The van der Waals surface area contributed by atoms with Crippen molar-refractivity contribution < 1.29 is 23.5 Å². The maximum absolute atomic E-state index is 12.9. The summed E-state index contributed by atoms with van der Waals surface area (Å²) < 4.78 is 24.0. The fraction of sp³-hybridized carbons (Fsp3) is 0.389. The van der Waals surface area contributed by atoms with Crippen LogP contribution in [0.5, 0.6) is 11.6 Å². The highest BCUT2D eigenvalue weighted by atomic mass is 19.1. The highest BCUT2D eigenvalue weighted by Gasteiger charge is 2.63. The number of ether oxygens (including phenoxy) is 2. The van der Waals surface area contributed by atoms with Gasteiger partial charge in [-0.15, -0.1) is 0 Å². The van der Waals surface area contributed by atoms with Crippen molar-refractivity contribution in [2.45, 2.75) is 6.04 Å². The van der Waals surface area contributed by atoms with Crippen molar-refractivity contribution in [1.29, 1.82) is 0 Å². The first-order valence-electron chi connectivity index (χ1n) is 8.31. The third-order valence-electron chi connectivity index (χ3n) is 5.22. The van der Waals surface area contributed by atoms with Gasteiger partial charge in [0.25, 0.3) is 5.91 Å². The lowest BCUT2D eigenvalue weighted by Crippen LogP contribution is -2.37. The van der Waals surface area contributed by atoms with Crippen LogP contribution in [0.1, 0.15) is 10.4 Å². The summed E-state index contributed by atoms with van der Waals surface area (Å²) in [5.41, 5.74) is 5.65. The minimum absolute atomic E-state index is 0.0153. The van der Waals surface area contributed by atoms with Crippen LogP contribution in [0.4, 0.5) is 4.39 Å². The third-order valence-corrected chi connectivity index (χ3v) is 5.22. The number of nitrogens with one attached hydrogen (secondary N) is 1. The molecule has 0 spiro atoms. The molecule has 2 heterocycles. The van der Waals surface area contributed by atoms with E-state index in [0.717, 1.165) is 5.39 Å². The summed E-state index contributed by atoms with van der Waals surface area (Å²) >= 11 is 0. The highest BCUT2D eigenvalue weighted by molar-refractivity contribution is 6.01. The first kappa shape index (κ1) is 16.6. The average Bonchev–Trinajstić information content (AvgIpc) is 3.29. The molecule has 136 valence electrons. The lowest BCUT2D eigenvalue weighted by Gasteiger charge is -2.17. The SMILES string of the molecule is COc1cc2c(OC[C@H]3NC(=O)[C@@H]4C(CF)[C@@H]43)nccc2cc1C(N)=O. The van der Waals surface area contributed by atoms with E-state index in [-0.39, 0.29) is 41.9 Å². The summed E-state index contributed by atoms with van der Waals surface area (Å²) in [5.74, 6) is -0.454. The van der Waals surface area contributed by atoms with Gasteiger partial charge in [-0.05, 0) is 23.6 Å². The van der Waals surface area contributed by atoms with Gasteiger partial charge in [0.15, 0.2) is 0 Å². The van der Waals surface area contributed by atoms with Gasteiger partial charge in [-0.2, -0.15) is 0 Å². The van der Waals surface area contributed by atoms with Crippen molar-refractivity contribution in [2.24, 2.45) is 23.5 Å². The highest BCUT2D eigenvalue weighted by Crippen LogP contribution is 2.52. The monoisotopic (exact) mass is 359 g/mol. The normalized spacial score (nSPS) is 26.3. The predicted octanol–water partition coefficient (Wildman–Crippen LogP) is 1.05. The van der Waals surface area contributed by atoms with Gasteiger partial charge in [-0.3, -0.25) is 14.0 Å². The van der Waals surface area contributed by atoms with Crippen LogP contribution in [0.3, 0.4) is 0 Å². The predicted molar refractivity (Wildman–Crippen MR) is 90.7 cm³/mol. The number of fused-ring (bicyclic) bond motifs is 2. The summed E-state index contributed by atoms with van der Waals surface area (Å²) in [6.45, 7) is -0.283. The summed E-state index contributed by atoms with van der Waals surface area (Å²) in [6.07, 6.45) is 1.56. The molecule has 0 radical (unpaired) electrons. The number of carbonyl (C=O) groups is 2. The maximum Gasteiger partial charge on any atom is 0.252 e. The number of piperidine rings is 1. The first-order valence-corrected chi connectivity index (χ1v) is 8.31. The number of primary amides is 1. The summed E-state index contributed by atoms with van der Waals surface area (Å²) in [5, 5.41) is 4.23. The van der Waals surface area contributed by atoms with Gasteiger partial charge in [0.2, 0.25) is 11.8 Å². The fourth-order valence-corrected chi connectivity index (χ4v) is 3.86. The fourth-order valence-electron chi connectivity index (χ4n) is 3.86. The molecule has 1 aromatic carbocycles. The van der Waals surface area contributed by atoms with E-state index in [0.29, 0.717) is 17.0 Å². The van der Waals surface area contributed by atoms with E-state index in [1.807, 2.05) is 0 Å². The molecule has 1 aliphatic heterocycles. The van der Waals surface area contributed by atoms with Crippen LogP contribution in [0.15, 0.2) is 24.4 Å². The van der Waals surface area contributed by atoms with Crippen LogP contribution < -0.4 is 20.5 Å². The summed E-state index contributed by atoms with van der Waals surface area (Å²) in [4.78, 5) is 27.6. The molecule has 0 bridgehead atoms. The molecule has 2 amide bonds. The van der Waals surface area contributed by atoms with Crippen molar-refractivity contribution >= 4 is 22.6 Å². The zero-order valence-electron chi connectivity index (χ0n) is 14.1. The molecule has 1 aliphatic carbocycles. The van der Waals surface area contributed by atoms with Crippen LogP contribution in [0.2, 0.25) is 0 Å². The second-order valence-electron chi connectivity index (χ2n) is 6.60. The Morgan fingerprint density at radius 1 is 1.42 bits per heavy atom. The lowest BCUT2D eigenvalue weighted by atomic mass is 10.1. The van der Waals surface area contributed by atoms with E-state index in [1.165, 1.54) is 7.11 Å². The number of aromatic nitrogens is 1. The number of rotatable bonds is 6. The van der Waals surface area contributed by atoms with Gasteiger partial charge in [0.1, 0.15) is 12.4 Å². The van der Waals surface area contributed by atoms with Crippen LogP contribution in [0.25, 0.3) is 10.8 Å². The van der Waals surface area contributed by atoms with E-state index in [1.54, 1.807) is 24.4 Å². The summed E-state index contributed by atoms with van der Waals surface area (Å²) in [6, 6.07) is 4.78. The second kappa shape index (κ2) is 6.12. The Kier molecular flexibility index (Phi) is 3.90. The molecule has 4 rings (SSSR count). The van der Waals surface area contributed by atoms with Crippen molar-refractivity contribution in [2.75, 3.05) is 20.4 Å². The number of methoxy groups -OCH3 is 1. The number of halogens is 1. The molecule has 8 heteroatoms. The number of hydrogen-bond donors (Lipinski definition) is 2. The minimum atomic E-state index is -0.589. The van der Waals surface area contributed by atoms with Gasteiger partial charge in [-0.1, -0.05) is 0 Å². The first-order chi connectivity index (χ1) is 12.5. The quantitative estimate of drug-likeness (QED) is 0.802. The number of pyridine rings is 1. The Morgan fingerprint density at radius 2 is 2.23 bits per heavy atom. The zero-order chi connectivity index (χ0) is 18.4. The summed E-state index contributed by atoms with van der Waals surface area (Å²) in [7, 11) is 1.45. The lowest BCUT2D eigenvalue weighted by molar-refractivity contribution is -0.121. The molecule has 1 aromatic heterocycles. The topological polar surface area (TPSA) is 104 Å². The van der Waals surface area contributed by atoms with E-state index < -0.39 is 12.6 Å². The van der Waals surface area contributed by atoms with Gasteiger partial charge in [-0.25, -0.2) is 4.98 Å². The third kappa shape index (κ3) is 2.53. The van der Waals surface area contributed by atoms with Crippen LogP contribution in [-0.2, 0) is 4.79 Å². The Balaban J connectivity index is 1.59. The van der Waals surface area contributed by atoms with Crippen molar-refractivity contribution in [3.63, 3.8) is 0 Å². The molecule has 2 aromatic rings. The number of nitrogens with zero attached hydrogens (tertiary/aromatic N) is 1. The number of alkyl halides is 1. The second-order valence-corrected chi connectivity index (χ2v) is 6.60. The molecule has 2 aliphatic rings. The molecule has 1 saturated heterocycles. The average molecular weight is 359 g/mol. The van der Waals surface area contributed by atoms with Crippen molar-refractivity contribution in [3.8, 4) is 11.6 Å². The number of hydrogen-bond acceptors (Lipinski definition) is 5. The Bertz CT molecular complexity index is 903. The molecule has 26 heavy (non-hydrogen) atoms. The van der Waals surface area contributed by atoms with Crippen LogP contribution in [-0.4, -0.2) is 43.2 Å². The number of amides is 2. The molecule has 7 nitrogen and oxygen atoms in total. The van der Waals surface area contributed by atoms with E-state index in [2.05, 4.69) is 10.3 Å². The zero-order valence-corrected chi connectivity index (χ0v) is 14.1. The molecule has 2 fully saturated rings. The van der Waals surface area contributed by atoms with E-state index in [9.17, 15) is 14.0 Å². The van der Waals surface area contributed by atoms with Crippen LogP contribution >= 0.6 is 0 Å². The Hall–Kier alpha value is -2.90. The standard InChI is InChI=1S/C18H18FN3O4/c1-25-13-5-9-8(4-10(13)16(20)23)2-3-21-18(9)26-7-12-14-11(6-19)15(14)17(24)22-12/h2-5,11-12,14-15H,6-7H2,1H3,(H2,20,23)(H,22,24)/t11?,12-,14-,15-/m1/s1. The minimum Gasteiger partial charge on any atom is -0.496 e. The number of carbonyl (C=O) groups excluding carboxylic acids is 2. The van der Waals surface area contributed by atoms with Crippen LogP contribution in [0, 0.1) is 17.8 Å². The molecule has 1 unspecified atom stereocenters. The van der Waals surface area contributed by atoms with Gasteiger partial charge >= 0.3 is 0 Å². The van der Waals surface area contributed by atoms with Gasteiger partial charge in [0.05, 0.1) is 25.4 Å². The maximum atomic E-state index is 12.9. The van der Waals surface area contributed by atoms with Gasteiger partial charge in [0, 0.05) is 29.3 Å². The van der Waals surface area contributed by atoms with Crippen molar-refractivity contribution in [3.05, 3.63) is 30.0 Å². The molecular formula is C18H18FN3O4. The van der Waals surface area contributed by atoms with Crippen molar-refractivity contribution in [1.82, 2.24) is 10.3 Å². The largest absolute Gasteiger partial charge is 0.496 e. The molecule has 3 N–H and O–H groups in total. The van der Waals surface area contributed by atoms with E-state index in [4.69, 9.17) is 15.2 Å². The Morgan fingerprint density at radius 3 is 2.88 bits per heavy atom. The molecular weight excluding hydrogens is 341 g/mol.